The number of carbonyl (C=O) groups excluding carboxylic acids is 1. The first kappa shape index (κ1) is 13.6. The minimum atomic E-state index is -0.120. The number of rotatable bonds is 10. The van der Waals surface area contributed by atoms with Crippen LogP contribution in [-0.2, 0) is 4.79 Å². The lowest BCUT2D eigenvalue weighted by atomic mass is 10.0. The van der Waals surface area contributed by atoms with Gasteiger partial charge in [0.1, 0.15) is 6.29 Å². The fourth-order valence-corrected chi connectivity index (χ4v) is 1.57. The Labute approximate surface area is 87.7 Å². The summed E-state index contributed by atoms with van der Waals surface area (Å²) >= 11 is 0. The Bertz CT molecular complexity index is 123. The van der Waals surface area contributed by atoms with Crippen LogP contribution in [0.4, 0.5) is 0 Å². The van der Waals surface area contributed by atoms with E-state index in [1.165, 1.54) is 38.5 Å². The van der Waals surface area contributed by atoms with Crippen molar-refractivity contribution in [3.05, 3.63) is 0 Å². The summed E-state index contributed by atoms with van der Waals surface area (Å²) in [5.74, 6) is -0.120. The van der Waals surface area contributed by atoms with Gasteiger partial charge in [0.05, 0.1) is 6.61 Å². The summed E-state index contributed by atoms with van der Waals surface area (Å²) in [5, 5.41) is 8.77. The van der Waals surface area contributed by atoms with Crippen molar-refractivity contribution in [3.8, 4) is 0 Å². The topological polar surface area (TPSA) is 37.3 Å². The van der Waals surface area contributed by atoms with Gasteiger partial charge in [0.15, 0.2) is 0 Å². The summed E-state index contributed by atoms with van der Waals surface area (Å²) in [6.07, 6.45) is 10.6. The van der Waals surface area contributed by atoms with Crippen LogP contribution in [0.1, 0.15) is 58.3 Å². The first-order valence-corrected chi connectivity index (χ1v) is 5.91. The molecule has 0 rings (SSSR count). The maximum Gasteiger partial charge on any atom is 0.125 e. The smallest absolute Gasteiger partial charge is 0.125 e. The third kappa shape index (κ3) is 8.24. The van der Waals surface area contributed by atoms with E-state index < -0.39 is 0 Å². The number of hydrogen-bond acceptors (Lipinski definition) is 2. The van der Waals surface area contributed by atoms with Gasteiger partial charge in [-0.3, -0.25) is 0 Å². The van der Waals surface area contributed by atoms with E-state index in [1.807, 2.05) is 0 Å². The van der Waals surface area contributed by atoms with E-state index in [4.69, 9.17) is 5.11 Å². The molecule has 0 aliphatic rings. The molecule has 1 N–H and O–H groups in total. The molecule has 0 heterocycles. The van der Waals surface area contributed by atoms with Crippen LogP contribution < -0.4 is 0 Å². The van der Waals surface area contributed by atoms with Crippen LogP contribution in [0, 0.1) is 5.92 Å². The highest BCUT2D eigenvalue weighted by Crippen LogP contribution is 2.11. The fraction of sp³-hybridized carbons (Fsp3) is 0.917. The zero-order valence-corrected chi connectivity index (χ0v) is 9.37. The highest BCUT2D eigenvalue weighted by atomic mass is 16.3. The number of unbranched alkanes of at least 4 members (excludes halogenated alkanes) is 6. The zero-order valence-electron chi connectivity index (χ0n) is 9.37. The second-order valence-electron chi connectivity index (χ2n) is 3.99. The second kappa shape index (κ2) is 10.7. The number of carbonyl (C=O) groups is 1. The Kier molecular flexibility index (Phi) is 10.4. The van der Waals surface area contributed by atoms with Crippen LogP contribution >= 0.6 is 0 Å². The van der Waals surface area contributed by atoms with Gasteiger partial charge in [-0.15, -0.1) is 0 Å². The Balaban J connectivity index is 3.08. The molecule has 0 spiro atoms. The molecule has 0 aliphatic heterocycles. The van der Waals surface area contributed by atoms with Crippen LogP contribution in [0.3, 0.4) is 0 Å². The molecule has 2 heteroatoms. The molecule has 14 heavy (non-hydrogen) atoms. The van der Waals surface area contributed by atoms with Crippen molar-refractivity contribution in [2.45, 2.75) is 58.3 Å². The molecule has 2 nitrogen and oxygen atoms in total. The lowest BCUT2D eigenvalue weighted by Gasteiger charge is -2.05. The van der Waals surface area contributed by atoms with E-state index in [-0.39, 0.29) is 12.5 Å². The second-order valence-corrected chi connectivity index (χ2v) is 3.99. The summed E-state index contributed by atoms with van der Waals surface area (Å²) in [4.78, 5) is 10.4. The Morgan fingerprint density at radius 2 is 1.64 bits per heavy atom. The molecule has 1 atom stereocenters. The first-order chi connectivity index (χ1) is 6.85. The lowest BCUT2D eigenvalue weighted by molar-refractivity contribution is -0.112. The lowest BCUT2D eigenvalue weighted by Crippen LogP contribution is -2.06. The average molecular weight is 200 g/mol. The molecule has 0 bridgehead atoms. The molecule has 0 amide bonds. The van der Waals surface area contributed by atoms with Gasteiger partial charge < -0.3 is 9.90 Å². The van der Waals surface area contributed by atoms with Crippen molar-refractivity contribution in [2.75, 3.05) is 6.61 Å². The number of aldehydes is 1. The average Bonchev–Trinajstić information content (AvgIpc) is 2.22. The molecular weight excluding hydrogens is 176 g/mol. The summed E-state index contributed by atoms with van der Waals surface area (Å²) in [7, 11) is 0. The zero-order chi connectivity index (χ0) is 10.6. The Hall–Kier alpha value is -0.370. The number of hydrogen-bond donors (Lipinski definition) is 1. The quantitative estimate of drug-likeness (QED) is 0.435. The van der Waals surface area contributed by atoms with Gasteiger partial charge in [-0.05, 0) is 6.42 Å². The Morgan fingerprint density at radius 1 is 1.07 bits per heavy atom. The van der Waals surface area contributed by atoms with Crippen molar-refractivity contribution < 1.29 is 9.90 Å². The normalized spacial score (nSPS) is 12.7. The molecule has 0 fully saturated rings. The van der Waals surface area contributed by atoms with E-state index in [0.29, 0.717) is 0 Å². The molecular formula is C12H24O2. The summed E-state index contributed by atoms with van der Waals surface area (Å²) < 4.78 is 0. The molecule has 0 saturated heterocycles. The van der Waals surface area contributed by atoms with E-state index in [9.17, 15) is 4.79 Å². The molecule has 84 valence electrons. The summed E-state index contributed by atoms with van der Waals surface area (Å²) in [6, 6.07) is 0. The SMILES string of the molecule is CCCCCCCCCC(C=O)CO. The molecule has 0 aliphatic carbocycles. The summed E-state index contributed by atoms with van der Waals surface area (Å²) in [5.41, 5.74) is 0. The van der Waals surface area contributed by atoms with Crippen LogP contribution in [0.15, 0.2) is 0 Å². The monoisotopic (exact) mass is 200 g/mol. The van der Waals surface area contributed by atoms with E-state index >= 15 is 0 Å². The third-order valence-corrected chi connectivity index (χ3v) is 2.61. The fourth-order valence-electron chi connectivity index (χ4n) is 1.57. The van der Waals surface area contributed by atoms with Gasteiger partial charge in [-0.2, -0.15) is 0 Å². The predicted molar refractivity (Wildman–Crippen MR) is 59.2 cm³/mol. The van der Waals surface area contributed by atoms with Crippen LogP contribution in [0.2, 0.25) is 0 Å². The van der Waals surface area contributed by atoms with Gasteiger partial charge >= 0.3 is 0 Å². The maximum atomic E-state index is 10.4. The highest BCUT2D eigenvalue weighted by molar-refractivity contribution is 5.53. The highest BCUT2D eigenvalue weighted by Gasteiger charge is 2.03. The number of aliphatic hydroxyl groups is 1. The maximum absolute atomic E-state index is 10.4. The van der Waals surface area contributed by atoms with Gasteiger partial charge in [-0.1, -0.05) is 51.9 Å². The molecule has 0 aromatic carbocycles. The molecule has 0 radical (unpaired) electrons. The molecule has 0 aromatic rings. The minimum Gasteiger partial charge on any atom is -0.396 e. The van der Waals surface area contributed by atoms with Crippen molar-refractivity contribution in [1.29, 1.82) is 0 Å². The van der Waals surface area contributed by atoms with Crippen LogP contribution in [0.25, 0.3) is 0 Å². The van der Waals surface area contributed by atoms with E-state index in [1.54, 1.807) is 0 Å². The van der Waals surface area contributed by atoms with Gasteiger partial charge in [0.2, 0.25) is 0 Å². The Morgan fingerprint density at radius 3 is 2.14 bits per heavy atom. The largest absolute Gasteiger partial charge is 0.396 e. The van der Waals surface area contributed by atoms with Crippen LogP contribution in [-0.4, -0.2) is 18.0 Å². The van der Waals surface area contributed by atoms with E-state index in [0.717, 1.165) is 19.1 Å². The predicted octanol–water partition coefficient (Wildman–Crippen LogP) is 2.93. The van der Waals surface area contributed by atoms with Crippen molar-refractivity contribution in [3.63, 3.8) is 0 Å². The molecule has 0 aromatic heterocycles. The van der Waals surface area contributed by atoms with Crippen LogP contribution in [0.5, 0.6) is 0 Å². The number of aliphatic hydroxyl groups excluding tert-OH is 1. The minimum absolute atomic E-state index is 0.0132. The van der Waals surface area contributed by atoms with Gasteiger partial charge in [0.25, 0.3) is 0 Å². The third-order valence-electron chi connectivity index (χ3n) is 2.61. The van der Waals surface area contributed by atoms with Gasteiger partial charge in [-0.25, -0.2) is 0 Å². The van der Waals surface area contributed by atoms with Crippen molar-refractivity contribution in [1.82, 2.24) is 0 Å². The standard InChI is InChI=1S/C12H24O2/c1-2-3-4-5-6-7-8-9-12(10-13)11-14/h10,12,14H,2-9,11H2,1H3. The summed E-state index contributed by atoms with van der Waals surface area (Å²) in [6.45, 7) is 2.23. The molecule has 1 unspecified atom stereocenters. The van der Waals surface area contributed by atoms with E-state index in [2.05, 4.69) is 6.92 Å². The van der Waals surface area contributed by atoms with Crippen molar-refractivity contribution in [2.24, 2.45) is 5.92 Å². The molecule has 0 saturated carbocycles. The van der Waals surface area contributed by atoms with Crippen molar-refractivity contribution >= 4 is 6.29 Å². The van der Waals surface area contributed by atoms with Gasteiger partial charge in [0, 0.05) is 5.92 Å². The first-order valence-electron chi connectivity index (χ1n) is 5.91.